The molecule has 0 radical (unpaired) electrons. The van der Waals surface area contributed by atoms with Crippen LogP contribution in [0.25, 0.3) is 0 Å². The minimum Gasteiger partial charge on any atom is -0.481 e. The third-order valence-electron chi connectivity index (χ3n) is 9.10. The van der Waals surface area contributed by atoms with Crippen molar-refractivity contribution < 1.29 is 27.0 Å². The maximum absolute atomic E-state index is 11.3. The van der Waals surface area contributed by atoms with Crippen LogP contribution < -0.4 is 0 Å². The Morgan fingerprint density at radius 3 is 2.59 bits per heavy atom. The minimum absolute atomic E-state index is 0.0411. The quantitative estimate of drug-likeness (QED) is 0.686. The lowest BCUT2D eigenvalue weighted by atomic mass is 9.43. The van der Waals surface area contributed by atoms with Crippen LogP contribution in [0.1, 0.15) is 85.3 Å². The molecule has 3 N–H and O–H groups in total. The summed E-state index contributed by atoms with van der Waals surface area (Å²) in [5.41, 5.74) is -0.862. The maximum Gasteiger partial charge on any atom is 0.303 e. The predicted molar refractivity (Wildman–Crippen MR) is 104 cm³/mol. The SMILES string of the molecule is [2H]C1([2H])C[C@@]2(C)[C@@H]3CC[C@]4(C)[C@H](CC[C@H]4[C@@H](C)CC(=O)O)[C@H]3[C@H](O)C[C@H]2C([2H])([2H])[C@@]1([2H])O. The van der Waals surface area contributed by atoms with Gasteiger partial charge in [-0.05, 0) is 97.6 Å². The van der Waals surface area contributed by atoms with E-state index in [0.29, 0.717) is 0 Å². The highest BCUT2D eigenvalue weighted by atomic mass is 16.4. The van der Waals surface area contributed by atoms with E-state index in [0.717, 1.165) is 25.7 Å². The smallest absolute Gasteiger partial charge is 0.303 e. The van der Waals surface area contributed by atoms with Crippen molar-refractivity contribution in [2.75, 3.05) is 0 Å². The number of aliphatic carboxylic acids is 1. The molecule has 0 saturated heterocycles. The van der Waals surface area contributed by atoms with Gasteiger partial charge < -0.3 is 15.3 Å². The van der Waals surface area contributed by atoms with Gasteiger partial charge in [-0.2, -0.15) is 0 Å². The molecule has 27 heavy (non-hydrogen) atoms. The van der Waals surface area contributed by atoms with Crippen molar-refractivity contribution in [3.05, 3.63) is 0 Å². The van der Waals surface area contributed by atoms with Crippen LogP contribution in [0.4, 0.5) is 0 Å². The molecule has 0 heterocycles. The molecule has 0 unspecified atom stereocenters. The summed E-state index contributed by atoms with van der Waals surface area (Å²) in [5.74, 6) is -1.30. The molecule has 0 spiro atoms. The molecule has 4 saturated carbocycles. The van der Waals surface area contributed by atoms with E-state index in [-0.39, 0.29) is 54.3 Å². The van der Waals surface area contributed by atoms with Gasteiger partial charge in [0, 0.05) is 11.9 Å². The van der Waals surface area contributed by atoms with Crippen LogP contribution in [0, 0.1) is 46.3 Å². The van der Waals surface area contributed by atoms with E-state index < -0.39 is 42.2 Å². The van der Waals surface area contributed by atoms with Crippen molar-refractivity contribution in [3.8, 4) is 0 Å². The van der Waals surface area contributed by atoms with Gasteiger partial charge in [-0.3, -0.25) is 4.79 Å². The summed E-state index contributed by atoms with van der Waals surface area (Å²) in [6.45, 7) is 6.15. The molecule has 0 aromatic carbocycles. The summed E-state index contributed by atoms with van der Waals surface area (Å²) < 4.78 is 42.2. The Bertz CT molecular complexity index is 788. The fraction of sp³-hybridized carbons (Fsp3) is 0.957. The average Bonchev–Trinajstić information content (AvgIpc) is 2.99. The Kier molecular flexibility index (Phi) is 3.58. The van der Waals surface area contributed by atoms with Gasteiger partial charge in [-0.1, -0.05) is 20.8 Å². The van der Waals surface area contributed by atoms with Crippen LogP contribution in [0.3, 0.4) is 0 Å². The van der Waals surface area contributed by atoms with E-state index in [2.05, 4.69) is 6.92 Å². The fourth-order valence-corrected chi connectivity index (χ4v) is 7.79. The maximum atomic E-state index is 11.3. The zero-order valence-electron chi connectivity index (χ0n) is 21.7. The van der Waals surface area contributed by atoms with Crippen LogP contribution in [0.2, 0.25) is 0 Å². The molecular weight excluding hydrogens is 340 g/mol. The second-order valence-electron chi connectivity index (χ2n) is 10.3. The first kappa shape index (κ1) is 14.4. The summed E-state index contributed by atoms with van der Waals surface area (Å²) >= 11 is 0. The van der Waals surface area contributed by atoms with Crippen molar-refractivity contribution in [2.45, 2.75) is 90.6 Å². The Hall–Kier alpha value is -0.610. The van der Waals surface area contributed by atoms with Crippen LogP contribution in [0.15, 0.2) is 0 Å². The molecule has 4 aliphatic carbocycles. The number of carbonyl (C=O) groups is 1. The normalized spacial score (nSPS) is 62.3. The van der Waals surface area contributed by atoms with Crippen LogP contribution in [0.5, 0.6) is 0 Å². The molecule has 4 rings (SSSR count). The number of fused-ring (bicyclic) bond motifs is 5. The molecule has 0 aliphatic heterocycles. The summed E-state index contributed by atoms with van der Waals surface area (Å²) in [6, 6.07) is 0. The molecule has 10 atom stereocenters. The number of hydrogen-bond donors (Lipinski definition) is 3. The molecule has 0 aromatic heterocycles. The van der Waals surface area contributed by atoms with Crippen molar-refractivity contribution in [1.29, 1.82) is 0 Å². The topological polar surface area (TPSA) is 77.8 Å². The van der Waals surface area contributed by atoms with Crippen LogP contribution in [-0.2, 0) is 4.79 Å². The van der Waals surface area contributed by atoms with Crippen LogP contribution >= 0.6 is 0 Å². The predicted octanol–water partition coefficient (Wildman–Crippen LogP) is 4.09. The molecule has 4 fully saturated rings. The molecular formula is C23H38O4. The molecule has 4 heteroatoms. The van der Waals surface area contributed by atoms with Crippen molar-refractivity contribution in [2.24, 2.45) is 46.3 Å². The monoisotopic (exact) mass is 383 g/mol. The van der Waals surface area contributed by atoms with E-state index in [1.807, 2.05) is 13.8 Å². The lowest BCUT2D eigenvalue weighted by Gasteiger charge is -2.62. The van der Waals surface area contributed by atoms with Crippen molar-refractivity contribution >= 4 is 5.97 Å². The standard InChI is InChI=1S/C23H38O4/c1-13(10-20(26)27)16-4-5-17-21-18(7-9-23(16,17)3)22(2)8-6-15(24)11-14(22)12-19(21)25/h13-19,21,24-25H,4-12H2,1-3H3,(H,26,27)/t13-,14+,15-,16-,17+,18+,19+,21+,22+,23-/m0/s1/i6D2,11D2,15D. The second kappa shape index (κ2) is 6.73. The first-order chi connectivity index (χ1) is 14.5. The first-order valence-corrected chi connectivity index (χ1v) is 10.6. The van der Waals surface area contributed by atoms with E-state index >= 15 is 0 Å². The molecule has 0 bridgehead atoms. The second-order valence-corrected chi connectivity index (χ2v) is 10.3. The third kappa shape index (κ3) is 2.97. The van der Waals surface area contributed by atoms with Gasteiger partial charge in [0.1, 0.15) is 0 Å². The van der Waals surface area contributed by atoms with E-state index in [1.165, 1.54) is 0 Å². The molecule has 4 aliphatic rings. The fourth-order valence-electron chi connectivity index (χ4n) is 7.79. The largest absolute Gasteiger partial charge is 0.481 e. The minimum atomic E-state index is -2.87. The first-order valence-electron chi connectivity index (χ1n) is 13.1. The number of hydrogen-bond acceptors (Lipinski definition) is 3. The Morgan fingerprint density at radius 1 is 1.19 bits per heavy atom. The van der Waals surface area contributed by atoms with Crippen molar-refractivity contribution in [3.63, 3.8) is 0 Å². The van der Waals surface area contributed by atoms with E-state index in [1.54, 1.807) is 0 Å². The van der Waals surface area contributed by atoms with Crippen LogP contribution in [-0.4, -0.2) is 33.5 Å². The van der Waals surface area contributed by atoms with Gasteiger partial charge in [0.15, 0.2) is 0 Å². The number of rotatable bonds is 3. The van der Waals surface area contributed by atoms with Gasteiger partial charge in [0.25, 0.3) is 0 Å². The highest BCUT2D eigenvalue weighted by Gasteiger charge is 2.62. The zero-order chi connectivity index (χ0) is 24.1. The number of aliphatic hydroxyl groups excluding tert-OH is 1. The van der Waals surface area contributed by atoms with Gasteiger partial charge >= 0.3 is 5.97 Å². The number of aliphatic hydroxyl groups is 2. The average molecular weight is 384 g/mol. The Labute approximate surface area is 170 Å². The molecule has 0 amide bonds. The van der Waals surface area contributed by atoms with E-state index in [9.17, 15) is 20.1 Å². The third-order valence-corrected chi connectivity index (χ3v) is 9.10. The molecule has 4 nitrogen and oxygen atoms in total. The highest BCUT2D eigenvalue weighted by Crippen LogP contribution is 2.68. The van der Waals surface area contributed by atoms with Gasteiger partial charge in [0.05, 0.1) is 13.6 Å². The zero-order valence-corrected chi connectivity index (χ0v) is 16.7. The van der Waals surface area contributed by atoms with Gasteiger partial charge in [-0.25, -0.2) is 0 Å². The van der Waals surface area contributed by atoms with Gasteiger partial charge in [-0.15, -0.1) is 0 Å². The Balaban J connectivity index is 1.70. The van der Waals surface area contributed by atoms with E-state index in [4.69, 9.17) is 6.85 Å². The number of carboxylic acid groups (broad SMARTS) is 1. The molecule has 154 valence electrons. The van der Waals surface area contributed by atoms with Crippen molar-refractivity contribution in [1.82, 2.24) is 0 Å². The summed E-state index contributed by atoms with van der Waals surface area (Å²) in [7, 11) is 0. The lowest BCUT2D eigenvalue weighted by Crippen LogP contribution is -2.58. The number of carboxylic acids is 1. The summed E-state index contributed by atoms with van der Waals surface area (Å²) in [5, 5.41) is 31.2. The van der Waals surface area contributed by atoms with Gasteiger partial charge in [0.2, 0.25) is 0 Å². The summed E-state index contributed by atoms with van der Waals surface area (Å²) in [4.78, 5) is 11.3. The molecule has 0 aromatic rings. The summed E-state index contributed by atoms with van der Waals surface area (Å²) in [6.07, 6.45) is -4.99. The highest BCUT2D eigenvalue weighted by molar-refractivity contribution is 5.67. The Morgan fingerprint density at radius 2 is 1.89 bits per heavy atom. The lowest BCUT2D eigenvalue weighted by molar-refractivity contribution is -0.174.